The molecule has 2 aliphatic rings. The maximum absolute atomic E-state index is 11.9. The lowest BCUT2D eigenvalue weighted by Crippen LogP contribution is -2.40. The van der Waals surface area contributed by atoms with Gasteiger partial charge >= 0.3 is 0 Å². The number of carbonyl (C=O) groups is 1. The van der Waals surface area contributed by atoms with Crippen LogP contribution in [0.25, 0.3) is 0 Å². The largest absolute Gasteiger partial charge is 0.381 e. The molecule has 1 amide bonds. The van der Waals surface area contributed by atoms with Crippen molar-refractivity contribution in [1.29, 1.82) is 0 Å². The summed E-state index contributed by atoms with van der Waals surface area (Å²) < 4.78 is 5.27. The van der Waals surface area contributed by atoms with Crippen molar-refractivity contribution in [3.63, 3.8) is 0 Å². The summed E-state index contributed by atoms with van der Waals surface area (Å²) in [7, 11) is 0. The van der Waals surface area contributed by atoms with Gasteiger partial charge in [0, 0.05) is 38.3 Å². The van der Waals surface area contributed by atoms with Crippen molar-refractivity contribution < 1.29 is 9.53 Å². The third kappa shape index (κ3) is 5.49. The second kappa shape index (κ2) is 8.54. The van der Waals surface area contributed by atoms with Gasteiger partial charge in [-0.1, -0.05) is 25.7 Å². The van der Waals surface area contributed by atoms with Crippen LogP contribution in [-0.4, -0.2) is 38.3 Å². The number of carbonyl (C=O) groups excluding carboxylic acids is 1. The van der Waals surface area contributed by atoms with Gasteiger partial charge in [0.1, 0.15) is 0 Å². The third-order valence-electron chi connectivity index (χ3n) is 4.30. The molecule has 1 saturated heterocycles. The zero-order valence-electron chi connectivity index (χ0n) is 12.0. The summed E-state index contributed by atoms with van der Waals surface area (Å²) in [4.78, 5) is 11.9. The van der Waals surface area contributed by atoms with Crippen molar-refractivity contribution >= 4 is 5.91 Å². The summed E-state index contributed by atoms with van der Waals surface area (Å²) in [6.07, 6.45) is 9.83. The monoisotopic (exact) mass is 268 g/mol. The van der Waals surface area contributed by atoms with E-state index in [0.29, 0.717) is 6.04 Å². The van der Waals surface area contributed by atoms with Gasteiger partial charge in [-0.15, -0.1) is 0 Å². The molecule has 2 fully saturated rings. The van der Waals surface area contributed by atoms with Crippen LogP contribution in [-0.2, 0) is 9.53 Å². The minimum absolute atomic E-state index is 0.173. The highest BCUT2D eigenvalue weighted by molar-refractivity contribution is 5.78. The van der Waals surface area contributed by atoms with Gasteiger partial charge in [-0.25, -0.2) is 0 Å². The summed E-state index contributed by atoms with van der Waals surface area (Å²) in [6, 6.07) is 0.669. The van der Waals surface area contributed by atoms with Crippen molar-refractivity contribution in [2.45, 2.75) is 57.4 Å². The SMILES string of the molecule is O=C(NCCNC1CCCCCC1)C1CCOCC1. The summed E-state index contributed by atoms with van der Waals surface area (Å²) in [5.41, 5.74) is 0. The van der Waals surface area contributed by atoms with E-state index in [1.807, 2.05) is 0 Å². The van der Waals surface area contributed by atoms with Crippen LogP contribution in [0.2, 0.25) is 0 Å². The molecule has 2 N–H and O–H groups in total. The fraction of sp³-hybridized carbons (Fsp3) is 0.933. The normalized spacial score (nSPS) is 22.9. The first kappa shape index (κ1) is 14.8. The summed E-state index contributed by atoms with van der Waals surface area (Å²) in [6.45, 7) is 3.13. The molecular formula is C15H28N2O2. The molecule has 0 spiro atoms. The van der Waals surface area contributed by atoms with Gasteiger partial charge < -0.3 is 15.4 Å². The van der Waals surface area contributed by atoms with Gasteiger partial charge in [-0.05, 0) is 25.7 Å². The van der Waals surface area contributed by atoms with Gasteiger partial charge in [-0.2, -0.15) is 0 Å². The highest BCUT2D eigenvalue weighted by Gasteiger charge is 2.20. The van der Waals surface area contributed by atoms with Crippen LogP contribution >= 0.6 is 0 Å². The average Bonchev–Trinajstić information content (AvgIpc) is 2.73. The molecule has 2 rings (SSSR count). The molecule has 0 bridgehead atoms. The molecule has 0 radical (unpaired) electrons. The smallest absolute Gasteiger partial charge is 0.223 e. The van der Waals surface area contributed by atoms with Gasteiger partial charge in [0.05, 0.1) is 0 Å². The van der Waals surface area contributed by atoms with Crippen molar-refractivity contribution in [2.75, 3.05) is 26.3 Å². The Morgan fingerprint density at radius 3 is 2.32 bits per heavy atom. The zero-order chi connectivity index (χ0) is 13.3. The minimum atomic E-state index is 0.173. The summed E-state index contributed by atoms with van der Waals surface area (Å²) in [5.74, 6) is 0.387. The Kier molecular flexibility index (Phi) is 6.65. The quantitative estimate of drug-likeness (QED) is 0.591. The van der Waals surface area contributed by atoms with Crippen LogP contribution in [0.4, 0.5) is 0 Å². The lowest BCUT2D eigenvalue weighted by atomic mass is 9.99. The van der Waals surface area contributed by atoms with Crippen LogP contribution in [0.15, 0.2) is 0 Å². The topological polar surface area (TPSA) is 50.4 Å². The molecule has 110 valence electrons. The molecule has 1 saturated carbocycles. The number of rotatable bonds is 5. The number of hydrogen-bond acceptors (Lipinski definition) is 3. The molecule has 1 heterocycles. The van der Waals surface area contributed by atoms with Gasteiger partial charge in [0.25, 0.3) is 0 Å². The minimum Gasteiger partial charge on any atom is -0.381 e. The second-order valence-electron chi connectivity index (χ2n) is 5.82. The number of ether oxygens (including phenoxy) is 1. The Morgan fingerprint density at radius 1 is 0.947 bits per heavy atom. The van der Waals surface area contributed by atoms with Crippen LogP contribution in [0.3, 0.4) is 0 Å². The maximum atomic E-state index is 11.9. The molecule has 0 aromatic carbocycles. The first-order valence-corrected chi connectivity index (χ1v) is 7.95. The lowest BCUT2D eigenvalue weighted by Gasteiger charge is -2.22. The van der Waals surface area contributed by atoms with E-state index in [2.05, 4.69) is 10.6 Å². The standard InChI is InChI=1S/C15H28N2O2/c18-15(13-7-11-19-12-8-13)17-10-9-16-14-5-3-1-2-4-6-14/h13-14,16H,1-12H2,(H,17,18). The highest BCUT2D eigenvalue weighted by Crippen LogP contribution is 2.17. The molecular weight excluding hydrogens is 240 g/mol. The van der Waals surface area contributed by atoms with E-state index in [1.165, 1.54) is 38.5 Å². The Morgan fingerprint density at radius 2 is 1.63 bits per heavy atom. The predicted molar refractivity (Wildman–Crippen MR) is 76.0 cm³/mol. The van der Waals surface area contributed by atoms with E-state index in [-0.39, 0.29) is 11.8 Å². The molecule has 4 nitrogen and oxygen atoms in total. The number of hydrogen-bond donors (Lipinski definition) is 2. The van der Waals surface area contributed by atoms with Crippen LogP contribution in [0.5, 0.6) is 0 Å². The van der Waals surface area contributed by atoms with Crippen LogP contribution in [0.1, 0.15) is 51.4 Å². The van der Waals surface area contributed by atoms with E-state index in [4.69, 9.17) is 4.74 Å². The first-order chi connectivity index (χ1) is 9.36. The first-order valence-electron chi connectivity index (χ1n) is 7.95. The summed E-state index contributed by atoms with van der Waals surface area (Å²) >= 11 is 0. The van der Waals surface area contributed by atoms with Crippen LogP contribution < -0.4 is 10.6 Å². The fourth-order valence-corrected chi connectivity index (χ4v) is 3.05. The highest BCUT2D eigenvalue weighted by atomic mass is 16.5. The molecule has 0 aromatic rings. The molecule has 1 aliphatic heterocycles. The van der Waals surface area contributed by atoms with Crippen molar-refractivity contribution in [3.8, 4) is 0 Å². The van der Waals surface area contributed by atoms with Gasteiger partial charge in [0.2, 0.25) is 5.91 Å². The molecule has 0 aromatic heterocycles. The van der Waals surface area contributed by atoms with Gasteiger partial charge in [-0.3, -0.25) is 4.79 Å². The van der Waals surface area contributed by atoms with E-state index in [9.17, 15) is 4.79 Å². The molecule has 0 unspecified atom stereocenters. The number of amides is 1. The molecule has 4 heteroatoms. The third-order valence-corrected chi connectivity index (χ3v) is 4.30. The Hall–Kier alpha value is -0.610. The lowest BCUT2D eigenvalue weighted by molar-refractivity contribution is -0.127. The zero-order valence-corrected chi connectivity index (χ0v) is 12.0. The summed E-state index contributed by atoms with van der Waals surface area (Å²) in [5, 5.41) is 6.63. The fourth-order valence-electron chi connectivity index (χ4n) is 3.05. The predicted octanol–water partition coefficient (Wildman–Crippen LogP) is 1.84. The Labute approximate surface area is 116 Å². The molecule has 1 aliphatic carbocycles. The number of nitrogens with one attached hydrogen (secondary N) is 2. The Bertz CT molecular complexity index is 257. The molecule has 19 heavy (non-hydrogen) atoms. The van der Waals surface area contributed by atoms with Crippen molar-refractivity contribution in [2.24, 2.45) is 5.92 Å². The van der Waals surface area contributed by atoms with Gasteiger partial charge in [0.15, 0.2) is 0 Å². The van der Waals surface area contributed by atoms with E-state index in [1.54, 1.807) is 0 Å². The van der Waals surface area contributed by atoms with Crippen molar-refractivity contribution in [3.05, 3.63) is 0 Å². The van der Waals surface area contributed by atoms with E-state index in [0.717, 1.165) is 39.1 Å². The van der Waals surface area contributed by atoms with Crippen LogP contribution in [0, 0.1) is 5.92 Å². The second-order valence-corrected chi connectivity index (χ2v) is 5.82. The molecule has 0 atom stereocenters. The van der Waals surface area contributed by atoms with E-state index >= 15 is 0 Å². The van der Waals surface area contributed by atoms with Crippen molar-refractivity contribution in [1.82, 2.24) is 10.6 Å². The van der Waals surface area contributed by atoms with E-state index < -0.39 is 0 Å². The maximum Gasteiger partial charge on any atom is 0.223 e. The Balaban J connectivity index is 1.54. The average molecular weight is 268 g/mol.